The molecule has 0 saturated carbocycles. The van der Waals surface area contributed by atoms with Gasteiger partial charge in [-0.3, -0.25) is 0 Å². The van der Waals surface area contributed by atoms with Crippen molar-refractivity contribution >= 4 is 39.3 Å². The minimum atomic E-state index is -2.87. The highest BCUT2D eigenvalue weighted by Crippen LogP contribution is 2.16. The standard InChI is InChI=1S/C13H28O4S4/c1-20(14,15)18-12-10-8-6-4-3-5-7-9-11-13-19-21(2,16)17/h3-13H2,1-2H3. The molecule has 0 amide bonds. The first-order valence-electron chi connectivity index (χ1n) is 7.39. The van der Waals surface area contributed by atoms with Crippen LogP contribution < -0.4 is 0 Å². The zero-order valence-corrected chi connectivity index (χ0v) is 16.3. The molecular weight excluding hydrogens is 348 g/mol. The largest absolute Gasteiger partial charge is 0.218 e. The molecule has 21 heavy (non-hydrogen) atoms. The van der Waals surface area contributed by atoms with Gasteiger partial charge in [0.2, 0.25) is 0 Å². The van der Waals surface area contributed by atoms with Crippen molar-refractivity contribution in [3.63, 3.8) is 0 Å². The van der Waals surface area contributed by atoms with Crippen LogP contribution in [0.5, 0.6) is 0 Å². The maximum Gasteiger partial charge on any atom is 0.198 e. The lowest BCUT2D eigenvalue weighted by molar-refractivity contribution is 0.574. The Hall–Kier alpha value is 0.600. The van der Waals surface area contributed by atoms with Crippen LogP contribution in [0, 0.1) is 0 Å². The van der Waals surface area contributed by atoms with Gasteiger partial charge in [0.1, 0.15) is 0 Å². The summed E-state index contributed by atoms with van der Waals surface area (Å²) in [7, 11) is -3.65. The summed E-state index contributed by atoms with van der Waals surface area (Å²) in [6, 6.07) is 0. The van der Waals surface area contributed by atoms with Crippen LogP contribution in [-0.2, 0) is 17.7 Å². The minimum absolute atomic E-state index is 0.705. The summed E-state index contributed by atoms with van der Waals surface area (Å²) in [6.07, 6.45) is 12.7. The lowest BCUT2D eigenvalue weighted by Crippen LogP contribution is -1.91. The van der Waals surface area contributed by atoms with Gasteiger partial charge in [0.05, 0.1) is 0 Å². The predicted molar refractivity (Wildman–Crippen MR) is 96.2 cm³/mol. The fourth-order valence-corrected chi connectivity index (χ4v) is 5.64. The molecule has 0 unspecified atom stereocenters. The molecule has 0 heterocycles. The van der Waals surface area contributed by atoms with Gasteiger partial charge in [-0.05, 0) is 34.4 Å². The summed E-state index contributed by atoms with van der Waals surface area (Å²) in [6.45, 7) is 0. The molecule has 0 aliphatic carbocycles. The van der Waals surface area contributed by atoms with E-state index in [0.29, 0.717) is 11.5 Å². The number of hydrogen-bond donors (Lipinski definition) is 0. The summed E-state index contributed by atoms with van der Waals surface area (Å²) >= 11 is 0. The third-order valence-corrected chi connectivity index (χ3v) is 8.22. The summed E-state index contributed by atoms with van der Waals surface area (Å²) < 4.78 is 43.6. The Morgan fingerprint density at radius 3 is 1.00 bits per heavy atom. The fraction of sp³-hybridized carbons (Fsp3) is 1.00. The van der Waals surface area contributed by atoms with E-state index in [9.17, 15) is 16.8 Å². The lowest BCUT2D eigenvalue weighted by atomic mass is 10.1. The molecule has 0 aromatic carbocycles. The van der Waals surface area contributed by atoms with Gasteiger partial charge < -0.3 is 0 Å². The van der Waals surface area contributed by atoms with E-state index in [1.165, 1.54) is 44.6 Å². The van der Waals surface area contributed by atoms with E-state index >= 15 is 0 Å². The van der Waals surface area contributed by atoms with Gasteiger partial charge in [0.15, 0.2) is 17.7 Å². The van der Waals surface area contributed by atoms with E-state index in [-0.39, 0.29) is 0 Å². The third-order valence-electron chi connectivity index (χ3n) is 2.88. The smallest absolute Gasteiger partial charge is 0.198 e. The van der Waals surface area contributed by atoms with Crippen molar-refractivity contribution in [3.8, 4) is 0 Å². The molecular formula is C13H28O4S4. The molecule has 4 nitrogen and oxygen atoms in total. The van der Waals surface area contributed by atoms with Crippen LogP contribution in [-0.4, -0.2) is 40.9 Å². The molecule has 8 heteroatoms. The second-order valence-electron chi connectivity index (χ2n) is 5.23. The Morgan fingerprint density at radius 2 is 0.762 bits per heavy atom. The van der Waals surface area contributed by atoms with Gasteiger partial charge in [0, 0.05) is 24.0 Å². The van der Waals surface area contributed by atoms with Crippen molar-refractivity contribution < 1.29 is 16.8 Å². The Bertz CT molecular complexity index is 401. The molecule has 0 N–H and O–H groups in total. The highest BCUT2D eigenvalue weighted by Gasteiger charge is 2.02. The van der Waals surface area contributed by atoms with Gasteiger partial charge in [0.25, 0.3) is 0 Å². The van der Waals surface area contributed by atoms with Crippen LogP contribution in [0.2, 0.25) is 0 Å². The van der Waals surface area contributed by atoms with E-state index < -0.39 is 17.7 Å². The van der Waals surface area contributed by atoms with Crippen LogP contribution in [0.15, 0.2) is 0 Å². The predicted octanol–water partition coefficient (Wildman–Crippen LogP) is 3.88. The van der Waals surface area contributed by atoms with Crippen molar-refractivity contribution in [2.24, 2.45) is 0 Å². The van der Waals surface area contributed by atoms with Crippen LogP contribution in [0.25, 0.3) is 0 Å². The van der Waals surface area contributed by atoms with E-state index in [4.69, 9.17) is 0 Å². The van der Waals surface area contributed by atoms with Crippen LogP contribution in [0.4, 0.5) is 0 Å². The molecule has 0 aromatic rings. The first-order valence-corrected chi connectivity index (χ1v) is 14.2. The average molecular weight is 377 g/mol. The molecule has 0 atom stereocenters. The first-order chi connectivity index (χ1) is 9.71. The fourth-order valence-electron chi connectivity index (χ4n) is 1.86. The van der Waals surface area contributed by atoms with Crippen molar-refractivity contribution in [3.05, 3.63) is 0 Å². The summed E-state index contributed by atoms with van der Waals surface area (Å²) in [4.78, 5) is 0. The monoisotopic (exact) mass is 376 g/mol. The topological polar surface area (TPSA) is 68.3 Å². The van der Waals surface area contributed by atoms with Crippen molar-refractivity contribution in [2.45, 2.75) is 57.8 Å². The zero-order chi connectivity index (χ0) is 16.2. The second kappa shape index (κ2) is 12.1. The normalized spacial score (nSPS) is 12.7. The molecule has 0 spiro atoms. The van der Waals surface area contributed by atoms with Gasteiger partial charge >= 0.3 is 0 Å². The highest BCUT2D eigenvalue weighted by atomic mass is 33.1. The molecule has 0 bridgehead atoms. The summed E-state index contributed by atoms with van der Waals surface area (Å²) in [5.74, 6) is 1.41. The Balaban J connectivity index is 3.16. The molecule has 0 rings (SSSR count). The maximum absolute atomic E-state index is 10.9. The molecule has 128 valence electrons. The SMILES string of the molecule is CS(=O)(=O)SCCCCCCCCCCCSS(C)(=O)=O. The molecule has 0 aliphatic heterocycles. The third kappa shape index (κ3) is 20.6. The van der Waals surface area contributed by atoms with Gasteiger partial charge in [-0.15, -0.1) is 0 Å². The van der Waals surface area contributed by atoms with Crippen LogP contribution in [0.1, 0.15) is 57.8 Å². The van der Waals surface area contributed by atoms with Crippen molar-refractivity contribution in [2.75, 3.05) is 24.0 Å². The molecule has 0 saturated heterocycles. The number of unbranched alkanes of at least 4 members (excludes halogenated alkanes) is 8. The number of rotatable bonds is 14. The van der Waals surface area contributed by atoms with E-state index in [0.717, 1.165) is 47.3 Å². The number of hydrogen-bond acceptors (Lipinski definition) is 6. The molecule has 0 aliphatic rings. The molecule has 0 radical (unpaired) electrons. The summed E-state index contributed by atoms with van der Waals surface area (Å²) in [5.41, 5.74) is 0. The lowest BCUT2D eigenvalue weighted by Gasteiger charge is -2.02. The Kier molecular flexibility index (Phi) is 12.4. The average Bonchev–Trinajstić information content (AvgIpc) is 2.32. The van der Waals surface area contributed by atoms with Gasteiger partial charge in [-0.1, -0.05) is 44.9 Å². The minimum Gasteiger partial charge on any atom is -0.218 e. The Labute approximate surface area is 137 Å². The highest BCUT2D eigenvalue weighted by molar-refractivity contribution is 8.72. The summed E-state index contributed by atoms with van der Waals surface area (Å²) in [5, 5.41) is 0. The van der Waals surface area contributed by atoms with Crippen LogP contribution in [0.3, 0.4) is 0 Å². The molecule has 0 fully saturated rings. The van der Waals surface area contributed by atoms with Gasteiger partial charge in [-0.25, -0.2) is 16.8 Å². The maximum atomic E-state index is 10.9. The zero-order valence-electron chi connectivity index (χ0n) is 13.0. The quantitative estimate of drug-likeness (QED) is 0.338. The molecule has 0 aromatic heterocycles. The van der Waals surface area contributed by atoms with Crippen molar-refractivity contribution in [1.82, 2.24) is 0 Å². The Morgan fingerprint density at radius 1 is 0.524 bits per heavy atom. The van der Waals surface area contributed by atoms with E-state index in [1.807, 2.05) is 0 Å². The second-order valence-corrected chi connectivity index (χ2v) is 14.4. The van der Waals surface area contributed by atoms with Gasteiger partial charge in [-0.2, -0.15) is 0 Å². The van der Waals surface area contributed by atoms with E-state index in [1.54, 1.807) is 0 Å². The van der Waals surface area contributed by atoms with E-state index in [2.05, 4.69) is 0 Å². The first kappa shape index (κ1) is 21.6. The van der Waals surface area contributed by atoms with Crippen molar-refractivity contribution in [1.29, 1.82) is 0 Å². The van der Waals surface area contributed by atoms with Crippen LogP contribution >= 0.6 is 21.6 Å².